The van der Waals surface area contributed by atoms with Crippen molar-refractivity contribution in [1.29, 1.82) is 0 Å². The van der Waals surface area contributed by atoms with Crippen molar-refractivity contribution < 1.29 is 14.8 Å². The van der Waals surface area contributed by atoms with Crippen molar-refractivity contribution in [2.75, 3.05) is 18.6 Å². The van der Waals surface area contributed by atoms with Crippen molar-refractivity contribution in [2.45, 2.75) is 39.2 Å². The van der Waals surface area contributed by atoms with Crippen LogP contribution in [0.4, 0.5) is 0 Å². The first-order valence-electron chi connectivity index (χ1n) is 8.37. The molecule has 7 heteroatoms. The summed E-state index contributed by atoms with van der Waals surface area (Å²) in [6, 6.07) is 6.80. The molecule has 2 amide bonds. The minimum Gasteiger partial charge on any atom is -0.353 e. The summed E-state index contributed by atoms with van der Waals surface area (Å²) >= 11 is 3.84. The summed E-state index contributed by atoms with van der Waals surface area (Å²) in [6.07, 6.45) is 3.16. The van der Waals surface area contributed by atoms with Gasteiger partial charge in [0.15, 0.2) is 0 Å². The van der Waals surface area contributed by atoms with Crippen LogP contribution in [-0.2, 0) is 16.0 Å². The van der Waals surface area contributed by atoms with Gasteiger partial charge in [0.25, 0.3) is 0 Å². The lowest BCUT2D eigenvalue weighted by Gasteiger charge is -2.25. The number of carbonyl (C=O) groups excluding carboxylic acids is 2. The standard InChI is InChI=1S/C18H27IN2O3S/c1-13(2)4-9-17(22)21(24)16(18(23)20-10-11-25-3)12-14-5-7-15(19)8-6-14/h5-8,13,16,24H,4,9-12H2,1-3H3,(H,20,23)/t16-/m0/s1. The van der Waals surface area contributed by atoms with Crippen LogP contribution in [0.1, 0.15) is 32.3 Å². The van der Waals surface area contributed by atoms with Gasteiger partial charge < -0.3 is 5.32 Å². The van der Waals surface area contributed by atoms with E-state index in [1.54, 1.807) is 11.8 Å². The highest BCUT2D eigenvalue weighted by atomic mass is 127. The van der Waals surface area contributed by atoms with Crippen molar-refractivity contribution >= 4 is 46.2 Å². The lowest BCUT2D eigenvalue weighted by Crippen LogP contribution is -2.49. The minimum atomic E-state index is -0.915. The van der Waals surface area contributed by atoms with Crippen LogP contribution < -0.4 is 5.32 Å². The molecule has 2 N–H and O–H groups in total. The number of benzene rings is 1. The smallest absolute Gasteiger partial charge is 0.246 e. The number of nitrogens with one attached hydrogen (secondary N) is 1. The maximum absolute atomic E-state index is 12.5. The van der Waals surface area contributed by atoms with Crippen LogP contribution in [0, 0.1) is 9.49 Å². The summed E-state index contributed by atoms with van der Waals surface area (Å²) in [5.41, 5.74) is 0.904. The number of hydroxylamine groups is 2. The van der Waals surface area contributed by atoms with E-state index in [-0.39, 0.29) is 18.7 Å². The summed E-state index contributed by atoms with van der Waals surface area (Å²) in [5.74, 6) is 0.411. The zero-order valence-corrected chi connectivity index (χ0v) is 18.0. The highest BCUT2D eigenvalue weighted by Crippen LogP contribution is 2.14. The van der Waals surface area contributed by atoms with Gasteiger partial charge in [-0.05, 0) is 58.9 Å². The minimum absolute atomic E-state index is 0.232. The lowest BCUT2D eigenvalue weighted by molar-refractivity contribution is -0.180. The van der Waals surface area contributed by atoms with Crippen molar-refractivity contribution in [1.82, 2.24) is 10.4 Å². The number of rotatable bonds is 10. The van der Waals surface area contributed by atoms with Gasteiger partial charge in [0.05, 0.1) is 0 Å². The topological polar surface area (TPSA) is 69.6 Å². The zero-order valence-electron chi connectivity index (χ0n) is 15.0. The van der Waals surface area contributed by atoms with Gasteiger partial charge in [0.2, 0.25) is 11.8 Å². The van der Waals surface area contributed by atoms with E-state index in [0.29, 0.717) is 23.9 Å². The number of amides is 2. The third-order valence-corrected chi connectivity index (χ3v) is 5.07. The number of carbonyl (C=O) groups is 2. The molecular formula is C18H27IN2O3S. The molecule has 0 aliphatic carbocycles. The fraction of sp³-hybridized carbons (Fsp3) is 0.556. The molecule has 0 spiro atoms. The van der Waals surface area contributed by atoms with Crippen LogP contribution in [0.3, 0.4) is 0 Å². The first-order chi connectivity index (χ1) is 11.8. The van der Waals surface area contributed by atoms with Crippen LogP contribution >= 0.6 is 34.4 Å². The highest BCUT2D eigenvalue weighted by Gasteiger charge is 2.29. The Balaban J connectivity index is 2.83. The Morgan fingerprint density at radius 1 is 1.28 bits per heavy atom. The van der Waals surface area contributed by atoms with Crippen LogP contribution in [0.15, 0.2) is 24.3 Å². The quantitative estimate of drug-likeness (QED) is 0.234. The first-order valence-corrected chi connectivity index (χ1v) is 10.8. The summed E-state index contributed by atoms with van der Waals surface area (Å²) in [7, 11) is 0. The summed E-state index contributed by atoms with van der Waals surface area (Å²) < 4.78 is 1.09. The average Bonchev–Trinajstić information content (AvgIpc) is 2.58. The SMILES string of the molecule is CSCCNC(=O)[C@H](Cc1ccc(I)cc1)N(O)C(=O)CCC(C)C. The van der Waals surface area contributed by atoms with Gasteiger partial charge >= 0.3 is 0 Å². The van der Waals surface area contributed by atoms with Crippen molar-refractivity contribution in [3.8, 4) is 0 Å². The molecule has 0 fully saturated rings. The Kier molecular flexibility index (Phi) is 10.4. The molecule has 0 bridgehead atoms. The Morgan fingerprint density at radius 3 is 2.48 bits per heavy atom. The van der Waals surface area contributed by atoms with Crippen molar-refractivity contribution in [3.05, 3.63) is 33.4 Å². The monoisotopic (exact) mass is 478 g/mol. The number of thioether (sulfide) groups is 1. The molecule has 1 rings (SSSR count). The summed E-state index contributed by atoms with van der Waals surface area (Å²) in [5, 5.41) is 13.8. The van der Waals surface area contributed by atoms with Gasteiger partial charge in [-0.15, -0.1) is 0 Å². The molecular weight excluding hydrogens is 451 g/mol. The van der Waals surface area contributed by atoms with Crippen LogP contribution in [0.25, 0.3) is 0 Å². The molecule has 0 unspecified atom stereocenters. The van der Waals surface area contributed by atoms with E-state index in [2.05, 4.69) is 27.9 Å². The van der Waals surface area contributed by atoms with Crippen LogP contribution in [0.5, 0.6) is 0 Å². The van der Waals surface area contributed by atoms with Crippen LogP contribution in [-0.4, -0.2) is 46.7 Å². The van der Waals surface area contributed by atoms with E-state index in [1.807, 2.05) is 44.4 Å². The highest BCUT2D eigenvalue weighted by molar-refractivity contribution is 14.1. The Morgan fingerprint density at radius 2 is 1.92 bits per heavy atom. The number of hydrogen-bond donors (Lipinski definition) is 2. The number of halogens is 1. The van der Waals surface area contributed by atoms with Gasteiger partial charge in [-0.25, -0.2) is 5.06 Å². The molecule has 0 radical (unpaired) electrons. The molecule has 140 valence electrons. The van der Waals surface area contributed by atoms with E-state index in [9.17, 15) is 14.8 Å². The lowest BCUT2D eigenvalue weighted by atomic mass is 10.0. The molecule has 1 aromatic carbocycles. The molecule has 5 nitrogen and oxygen atoms in total. The predicted octanol–water partition coefficient (Wildman–Crippen LogP) is 3.34. The van der Waals surface area contributed by atoms with E-state index in [0.717, 1.165) is 14.9 Å². The molecule has 0 aliphatic rings. The fourth-order valence-corrected chi connectivity index (χ4v) is 2.89. The summed E-state index contributed by atoms with van der Waals surface area (Å²) in [6.45, 7) is 4.55. The Hall–Kier alpha value is -0.800. The van der Waals surface area contributed by atoms with Gasteiger partial charge in [0.1, 0.15) is 6.04 Å². The normalized spacial score (nSPS) is 12.1. The van der Waals surface area contributed by atoms with E-state index < -0.39 is 11.9 Å². The van der Waals surface area contributed by atoms with E-state index in [1.165, 1.54) is 0 Å². The molecule has 0 heterocycles. The molecule has 1 atom stereocenters. The van der Waals surface area contributed by atoms with Crippen molar-refractivity contribution in [2.24, 2.45) is 5.92 Å². The molecule has 0 aliphatic heterocycles. The molecule has 0 saturated carbocycles. The molecule has 0 saturated heterocycles. The Labute approximate surface area is 168 Å². The fourth-order valence-electron chi connectivity index (χ4n) is 2.23. The van der Waals surface area contributed by atoms with E-state index >= 15 is 0 Å². The van der Waals surface area contributed by atoms with Gasteiger partial charge in [-0.2, -0.15) is 11.8 Å². The molecule has 1 aromatic rings. The molecule has 25 heavy (non-hydrogen) atoms. The average molecular weight is 478 g/mol. The second-order valence-electron chi connectivity index (χ2n) is 6.30. The van der Waals surface area contributed by atoms with Gasteiger partial charge in [-0.1, -0.05) is 26.0 Å². The van der Waals surface area contributed by atoms with Gasteiger partial charge in [0, 0.05) is 28.7 Å². The maximum Gasteiger partial charge on any atom is 0.246 e. The third kappa shape index (κ3) is 8.42. The van der Waals surface area contributed by atoms with Crippen molar-refractivity contribution in [3.63, 3.8) is 0 Å². The molecule has 0 aromatic heterocycles. The van der Waals surface area contributed by atoms with Crippen LogP contribution in [0.2, 0.25) is 0 Å². The predicted molar refractivity (Wildman–Crippen MR) is 111 cm³/mol. The zero-order chi connectivity index (χ0) is 18.8. The first kappa shape index (κ1) is 22.2. The third-order valence-electron chi connectivity index (χ3n) is 3.74. The largest absolute Gasteiger partial charge is 0.353 e. The maximum atomic E-state index is 12.5. The van der Waals surface area contributed by atoms with Gasteiger partial charge in [-0.3, -0.25) is 14.8 Å². The Bertz CT molecular complexity index is 552. The second-order valence-corrected chi connectivity index (χ2v) is 8.53. The van der Waals surface area contributed by atoms with E-state index in [4.69, 9.17) is 0 Å². The summed E-state index contributed by atoms with van der Waals surface area (Å²) in [4.78, 5) is 24.8. The second kappa shape index (κ2) is 11.7. The number of hydrogen-bond acceptors (Lipinski definition) is 4. The number of nitrogens with zero attached hydrogens (tertiary/aromatic N) is 1.